The van der Waals surface area contributed by atoms with Crippen molar-refractivity contribution in [3.8, 4) is 0 Å². The summed E-state index contributed by atoms with van der Waals surface area (Å²) in [6.45, 7) is 6.61. The number of carboxylic acids is 1. The first-order valence-electron chi connectivity index (χ1n) is 9.82. The Labute approximate surface area is 164 Å². The Morgan fingerprint density at radius 3 is 2.74 bits per heavy atom. The summed E-state index contributed by atoms with van der Waals surface area (Å²) in [6.07, 6.45) is 2.44. The zero-order chi connectivity index (χ0) is 19.9. The number of rotatable bonds is 8. The molecule has 3 heterocycles. The third kappa shape index (κ3) is 3.77. The third-order valence-electron chi connectivity index (χ3n) is 6.23. The van der Waals surface area contributed by atoms with Crippen molar-refractivity contribution in [1.29, 1.82) is 0 Å². The quantitative estimate of drug-likeness (QED) is 0.453. The van der Waals surface area contributed by atoms with Gasteiger partial charge in [0, 0.05) is 34.7 Å². The number of hydrogen-bond donors (Lipinski definition) is 4. The highest BCUT2D eigenvalue weighted by atomic mass is 32.2. The van der Waals surface area contributed by atoms with Crippen LogP contribution in [-0.4, -0.2) is 70.1 Å². The Morgan fingerprint density at radius 2 is 2.15 bits per heavy atom. The van der Waals surface area contributed by atoms with Crippen molar-refractivity contribution in [3.63, 3.8) is 0 Å². The highest BCUT2D eigenvalue weighted by Crippen LogP contribution is 2.51. The van der Waals surface area contributed by atoms with E-state index in [4.69, 9.17) is 0 Å². The SMILES string of the molecule is CNC(C)CC[C@@H]1C[C@H](SC2=C(C(=O)O)N3C(=O)[C@H]([C@@H](C)O)[C@H]3[C@H]2C)CN1. The molecule has 0 radical (unpaired) electrons. The van der Waals surface area contributed by atoms with Crippen LogP contribution in [0.5, 0.6) is 0 Å². The number of nitrogens with one attached hydrogen (secondary N) is 2. The second kappa shape index (κ2) is 8.11. The van der Waals surface area contributed by atoms with Gasteiger partial charge in [-0.2, -0.15) is 0 Å². The van der Waals surface area contributed by atoms with Gasteiger partial charge in [0.05, 0.1) is 18.1 Å². The summed E-state index contributed by atoms with van der Waals surface area (Å²) < 4.78 is 0. The number of carbonyl (C=O) groups excluding carboxylic acids is 1. The van der Waals surface area contributed by atoms with E-state index in [-0.39, 0.29) is 23.6 Å². The zero-order valence-electron chi connectivity index (χ0n) is 16.4. The summed E-state index contributed by atoms with van der Waals surface area (Å²) in [5.74, 6) is -1.86. The normalized spacial score (nSPS) is 35.2. The van der Waals surface area contributed by atoms with Gasteiger partial charge in [-0.05, 0) is 40.2 Å². The monoisotopic (exact) mass is 397 g/mol. The number of thioether (sulfide) groups is 1. The lowest BCUT2D eigenvalue weighted by atomic mass is 9.79. The maximum atomic E-state index is 12.4. The fourth-order valence-corrected chi connectivity index (χ4v) is 6.06. The number of β-lactam (4-membered cyclic amide) rings is 1. The lowest BCUT2D eigenvalue weighted by molar-refractivity contribution is -0.163. The van der Waals surface area contributed by atoms with E-state index in [0.717, 1.165) is 30.7 Å². The Bertz CT molecular complexity index is 638. The summed E-state index contributed by atoms with van der Waals surface area (Å²) in [6, 6.07) is 0.710. The van der Waals surface area contributed by atoms with Crippen LogP contribution in [0.1, 0.15) is 40.0 Å². The average Bonchev–Trinajstić information content (AvgIpc) is 3.14. The summed E-state index contributed by atoms with van der Waals surface area (Å²) in [7, 11) is 1.97. The summed E-state index contributed by atoms with van der Waals surface area (Å²) in [4.78, 5) is 26.5. The fourth-order valence-electron chi connectivity index (χ4n) is 4.55. The van der Waals surface area contributed by atoms with Gasteiger partial charge in [0.2, 0.25) is 5.91 Å². The molecule has 3 aliphatic rings. The molecule has 0 spiro atoms. The third-order valence-corrected chi connectivity index (χ3v) is 7.74. The van der Waals surface area contributed by atoms with Gasteiger partial charge in [0.15, 0.2) is 0 Å². The minimum absolute atomic E-state index is 0.0539. The molecule has 4 N–H and O–H groups in total. The molecule has 8 heteroatoms. The standard InChI is InChI=1S/C19H31N3O4S/c1-9(20-4)5-6-12-7-13(8-21-12)27-17-10(2)15-14(11(3)23)18(24)22(15)16(17)19(25)26/h9-15,20-21,23H,5-8H2,1-4H3,(H,25,26)/t9?,10-,11-,12-,13+,14-,15-/m1/s1. The number of amides is 1. The van der Waals surface area contributed by atoms with Crippen molar-refractivity contribution in [3.05, 3.63) is 10.6 Å². The van der Waals surface area contributed by atoms with Gasteiger partial charge in [0.25, 0.3) is 0 Å². The number of hydrogen-bond acceptors (Lipinski definition) is 6. The molecule has 3 aliphatic heterocycles. The van der Waals surface area contributed by atoms with Crippen molar-refractivity contribution in [1.82, 2.24) is 15.5 Å². The summed E-state index contributed by atoms with van der Waals surface area (Å²) in [5.41, 5.74) is 0.131. The Morgan fingerprint density at radius 1 is 1.44 bits per heavy atom. The van der Waals surface area contributed by atoms with Crippen molar-refractivity contribution in [2.24, 2.45) is 11.8 Å². The molecule has 2 saturated heterocycles. The number of carbonyl (C=O) groups is 2. The summed E-state index contributed by atoms with van der Waals surface area (Å²) >= 11 is 1.61. The highest BCUT2D eigenvalue weighted by Gasteiger charge is 2.60. The fraction of sp³-hybridized carbons (Fsp3) is 0.789. The van der Waals surface area contributed by atoms with Crippen molar-refractivity contribution >= 4 is 23.6 Å². The number of carboxylic acid groups (broad SMARTS) is 1. The molecule has 0 aliphatic carbocycles. The lowest BCUT2D eigenvalue weighted by Crippen LogP contribution is -2.63. The zero-order valence-corrected chi connectivity index (χ0v) is 17.3. The number of aliphatic hydroxyl groups excluding tert-OH is 1. The van der Waals surface area contributed by atoms with E-state index in [1.54, 1.807) is 18.7 Å². The van der Waals surface area contributed by atoms with Crippen LogP contribution in [0, 0.1) is 11.8 Å². The molecule has 0 aromatic carbocycles. The van der Waals surface area contributed by atoms with Crippen LogP contribution in [0.3, 0.4) is 0 Å². The first-order chi connectivity index (χ1) is 12.8. The van der Waals surface area contributed by atoms with E-state index >= 15 is 0 Å². The van der Waals surface area contributed by atoms with E-state index in [2.05, 4.69) is 17.6 Å². The first kappa shape index (κ1) is 20.6. The van der Waals surface area contributed by atoms with Crippen LogP contribution in [-0.2, 0) is 9.59 Å². The van der Waals surface area contributed by atoms with E-state index in [1.807, 2.05) is 14.0 Å². The van der Waals surface area contributed by atoms with Crippen LogP contribution in [0.2, 0.25) is 0 Å². The number of aliphatic hydroxyl groups is 1. The average molecular weight is 398 g/mol. The molecular weight excluding hydrogens is 366 g/mol. The van der Waals surface area contributed by atoms with Crippen LogP contribution >= 0.6 is 11.8 Å². The molecule has 7 nitrogen and oxygen atoms in total. The largest absolute Gasteiger partial charge is 0.477 e. The smallest absolute Gasteiger partial charge is 0.353 e. The molecule has 27 heavy (non-hydrogen) atoms. The van der Waals surface area contributed by atoms with E-state index in [1.165, 1.54) is 4.90 Å². The van der Waals surface area contributed by atoms with E-state index in [9.17, 15) is 19.8 Å². The first-order valence-corrected chi connectivity index (χ1v) is 10.7. The molecule has 7 atom stereocenters. The number of nitrogens with zero attached hydrogens (tertiary/aromatic N) is 1. The lowest BCUT2D eigenvalue weighted by Gasteiger charge is -2.46. The maximum absolute atomic E-state index is 12.4. The van der Waals surface area contributed by atoms with Gasteiger partial charge in [0.1, 0.15) is 5.70 Å². The predicted octanol–water partition coefficient (Wildman–Crippen LogP) is 0.992. The molecule has 3 rings (SSSR count). The van der Waals surface area contributed by atoms with Crippen molar-refractivity contribution < 1.29 is 19.8 Å². The predicted molar refractivity (Wildman–Crippen MR) is 105 cm³/mol. The molecule has 1 unspecified atom stereocenters. The number of fused-ring (bicyclic) bond motifs is 1. The molecule has 0 aromatic heterocycles. The highest BCUT2D eigenvalue weighted by molar-refractivity contribution is 8.03. The van der Waals surface area contributed by atoms with Gasteiger partial charge >= 0.3 is 5.97 Å². The van der Waals surface area contributed by atoms with Crippen molar-refractivity contribution in [2.45, 2.75) is 69.5 Å². The second-order valence-electron chi connectivity index (χ2n) is 8.12. The van der Waals surface area contributed by atoms with E-state index < -0.39 is 18.0 Å². The molecular formula is C19H31N3O4S. The van der Waals surface area contributed by atoms with Gasteiger partial charge in [-0.25, -0.2) is 4.79 Å². The van der Waals surface area contributed by atoms with E-state index in [0.29, 0.717) is 17.3 Å². The molecule has 2 fully saturated rings. The van der Waals surface area contributed by atoms with Gasteiger partial charge in [-0.15, -0.1) is 11.8 Å². The van der Waals surface area contributed by atoms with Gasteiger partial charge in [-0.3, -0.25) is 4.79 Å². The van der Waals surface area contributed by atoms with Crippen LogP contribution in [0.4, 0.5) is 0 Å². The maximum Gasteiger partial charge on any atom is 0.353 e. The molecule has 152 valence electrons. The minimum Gasteiger partial charge on any atom is -0.477 e. The van der Waals surface area contributed by atoms with Gasteiger partial charge < -0.3 is 25.7 Å². The van der Waals surface area contributed by atoms with Crippen LogP contribution in [0.25, 0.3) is 0 Å². The molecule has 1 amide bonds. The Balaban J connectivity index is 1.67. The van der Waals surface area contributed by atoms with Crippen LogP contribution in [0.15, 0.2) is 10.6 Å². The van der Waals surface area contributed by atoms with Crippen LogP contribution < -0.4 is 10.6 Å². The Hall–Kier alpha value is -1.09. The Kier molecular flexibility index (Phi) is 6.20. The minimum atomic E-state index is -1.05. The van der Waals surface area contributed by atoms with Crippen molar-refractivity contribution in [2.75, 3.05) is 13.6 Å². The molecule has 0 bridgehead atoms. The summed E-state index contributed by atoms with van der Waals surface area (Å²) in [5, 5.41) is 26.8. The van der Waals surface area contributed by atoms with Gasteiger partial charge in [-0.1, -0.05) is 6.92 Å². The second-order valence-corrected chi connectivity index (χ2v) is 9.46. The topological polar surface area (TPSA) is 102 Å². The molecule has 0 saturated carbocycles. The number of aliphatic carboxylic acids is 1. The molecule has 0 aromatic rings.